The third-order valence-electron chi connectivity index (χ3n) is 2.69. The number of benzene rings is 1. The summed E-state index contributed by atoms with van der Waals surface area (Å²) in [6, 6.07) is 7.90. The molecule has 0 spiro atoms. The molecule has 2 rings (SSSR count). The second kappa shape index (κ2) is 6.21. The van der Waals surface area contributed by atoms with E-state index in [-0.39, 0.29) is 5.91 Å². The van der Waals surface area contributed by atoms with Crippen LogP contribution in [0.3, 0.4) is 0 Å². The number of aryl methyl sites for hydroxylation is 1. The average molecular weight is 339 g/mol. The van der Waals surface area contributed by atoms with Crippen LogP contribution in [-0.2, 0) is 11.3 Å². The Hall–Kier alpha value is -1.33. The van der Waals surface area contributed by atoms with Crippen LogP contribution in [-0.4, -0.2) is 5.91 Å². The number of carbonyl (C=O) groups is 1. The van der Waals surface area contributed by atoms with Gasteiger partial charge in [0, 0.05) is 27.6 Å². The summed E-state index contributed by atoms with van der Waals surface area (Å²) in [5.41, 5.74) is 3.00. The molecule has 100 valence electrons. The van der Waals surface area contributed by atoms with Crippen LogP contribution in [0.25, 0.3) is 0 Å². The number of halogens is 1. The fourth-order valence-electron chi connectivity index (χ4n) is 1.72. The largest absolute Gasteiger partial charge is 0.380 e. The first-order valence-corrected chi connectivity index (χ1v) is 7.57. The third kappa shape index (κ3) is 3.81. The summed E-state index contributed by atoms with van der Waals surface area (Å²) in [6.07, 6.45) is 0. The molecule has 0 fully saturated rings. The quantitative estimate of drug-likeness (QED) is 0.867. The van der Waals surface area contributed by atoms with Gasteiger partial charge in [0.1, 0.15) is 0 Å². The van der Waals surface area contributed by atoms with Crippen molar-refractivity contribution in [3.8, 4) is 0 Å². The van der Waals surface area contributed by atoms with E-state index in [1.807, 2.05) is 31.2 Å². The number of rotatable bonds is 4. The number of amides is 1. The number of hydrogen-bond acceptors (Lipinski definition) is 3. The zero-order chi connectivity index (χ0) is 13.8. The minimum Gasteiger partial charge on any atom is -0.380 e. The first-order valence-electron chi connectivity index (χ1n) is 5.90. The molecular formula is C14H15BrN2OS. The van der Waals surface area contributed by atoms with E-state index in [9.17, 15) is 4.79 Å². The highest BCUT2D eigenvalue weighted by Crippen LogP contribution is 2.25. The van der Waals surface area contributed by atoms with Gasteiger partial charge in [-0.05, 0) is 52.0 Å². The Kier molecular flexibility index (Phi) is 4.61. The molecule has 0 bridgehead atoms. The molecule has 1 aromatic carbocycles. The van der Waals surface area contributed by atoms with Crippen LogP contribution in [0.15, 0.2) is 34.1 Å². The van der Waals surface area contributed by atoms with E-state index < -0.39 is 0 Å². The zero-order valence-corrected chi connectivity index (χ0v) is 13.2. The molecule has 1 amide bonds. The van der Waals surface area contributed by atoms with E-state index in [1.54, 1.807) is 11.3 Å². The van der Waals surface area contributed by atoms with E-state index >= 15 is 0 Å². The van der Waals surface area contributed by atoms with Crippen molar-refractivity contribution in [1.82, 2.24) is 0 Å². The van der Waals surface area contributed by atoms with Crippen LogP contribution in [0.5, 0.6) is 0 Å². The standard InChI is InChI=1S/C14H15BrN2OS/c1-9-3-4-11(17-10(2)18)7-13(9)16-8-14-12(15)5-6-19-14/h3-7,16H,8H2,1-2H3,(H,17,18). The molecule has 1 aromatic heterocycles. The maximum Gasteiger partial charge on any atom is 0.221 e. The molecule has 0 atom stereocenters. The van der Waals surface area contributed by atoms with Gasteiger partial charge in [0.2, 0.25) is 5.91 Å². The van der Waals surface area contributed by atoms with Gasteiger partial charge in [-0.2, -0.15) is 0 Å². The van der Waals surface area contributed by atoms with Crippen molar-refractivity contribution in [3.05, 3.63) is 44.6 Å². The molecule has 2 N–H and O–H groups in total. The number of anilines is 2. The molecule has 0 saturated heterocycles. The van der Waals surface area contributed by atoms with Crippen LogP contribution >= 0.6 is 27.3 Å². The summed E-state index contributed by atoms with van der Waals surface area (Å²) in [6.45, 7) is 4.32. The van der Waals surface area contributed by atoms with Gasteiger partial charge in [0.05, 0.1) is 6.54 Å². The Balaban J connectivity index is 2.11. The van der Waals surface area contributed by atoms with Crippen LogP contribution in [0.1, 0.15) is 17.4 Å². The van der Waals surface area contributed by atoms with Crippen molar-refractivity contribution in [3.63, 3.8) is 0 Å². The van der Waals surface area contributed by atoms with Gasteiger partial charge in [0.25, 0.3) is 0 Å². The zero-order valence-electron chi connectivity index (χ0n) is 10.8. The van der Waals surface area contributed by atoms with Crippen LogP contribution in [0.2, 0.25) is 0 Å². The molecule has 5 heteroatoms. The highest BCUT2D eigenvalue weighted by Gasteiger charge is 2.04. The van der Waals surface area contributed by atoms with Crippen LogP contribution in [0.4, 0.5) is 11.4 Å². The molecule has 1 heterocycles. The second-order valence-corrected chi connectivity index (χ2v) is 6.11. The lowest BCUT2D eigenvalue weighted by Crippen LogP contribution is -2.07. The first kappa shape index (κ1) is 14.1. The molecule has 3 nitrogen and oxygen atoms in total. The fraction of sp³-hybridized carbons (Fsp3) is 0.214. The van der Waals surface area contributed by atoms with Gasteiger partial charge in [-0.1, -0.05) is 6.07 Å². The van der Waals surface area contributed by atoms with E-state index in [2.05, 4.69) is 31.9 Å². The number of thiophene rings is 1. The van der Waals surface area contributed by atoms with Crippen molar-refractivity contribution in [1.29, 1.82) is 0 Å². The number of hydrogen-bond donors (Lipinski definition) is 2. The Bertz CT molecular complexity index is 595. The number of carbonyl (C=O) groups excluding carboxylic acids is 1. The monoisotopic (exact) mass is 338 g/mol. The van der Waals surface area contributed by atoms with Crippen molar-refractivity contribution < 1.29 is 4.79 Å². The first-order chi connectivity index (χ1) is 9.06. The van der Waals surface area contributed by atoms with E-state index in [0.29, 0.717) is 0 Å². The Morgan fingerprint density at radius 1 is 1.37 bits per heavy atom. The molecular weight excluding hydrogens is 324 g/mol. The maximum absolute atomic E-state index is 11.1. The molecule has 0 aliphatic carbocycles. The molecule has 0 aliphatic rings. The van der Waals surface area contributed by atoms with Crippen LogP contribution in [0, 0.1) is 6.92 Å². The van der Waals surface area contributed by atoms with Crippen LogP contribution < -0.4 is 10.6 Å². The fourth-order valence-corrected chi connectivity index (χ4v) is 3.15. The number of nitrogens with one attached hydrogen (secondary N) is 2. The van der Waals surface area contributed by atoms with Gasteiger partial charge < -0.3 is 10.6 Å². The Morgan fingerprint density at radius 3 is 2.79 bits per heavy atom. The average Bonchev–Trinajstić information content (AvgIpc) is 2.75. The van der Waals surface area contributed by atoms with Gasteiger partial charge in [-0.3, -0.25) is 4.79 Å². The molecule has 0 aliphatic heterocycles. The lowest BCUT2D eigenvalue weighted by atomic mass is 10.1. The minimum absolute atomic E-state index is 0.0594. The summed E-state index contributed by atoms with van der Waals surface area (Å²) in [4.78, 5) is 12.3. The highest BCUT2D eigenvalue weighted by molar-refractivity contribution is 9.10. The normalized spacial score (nSPS) is 10.3. The SMILES string of the molecule is CC(=O)Nc1ccc(C)c(NCc2sccc2Br)c1. The predicted molar refractivity (Wildman–Crippen MR) is 84.8 cm³/mol. The van der Waals surface area contributed by atoms with Gasteiger partial charge in [-0.15, -0.1) is 11.3 Å². The summed E-state index contributed by atoms with van der Waals surface area (Å²) in [5, 5.41) is 8.25. The molecule has 0 saturated carbocycles. The van der Waals surface area contributed by atoms with Crippen molar-refractivity contribution >= 4 is 44.5 Å². The summed E-state index contributed by atoms with van der Waals surface area (Å²) in [7, 11) is 0. The lowest BCUT2D eigenvalue weighted by molar-refractivity contribution is -0.114. The van der Waals surface area contributed by atoms with E-state index in [4.69, 9.17) is 0 Å². The summed E-state index contributed by atoms with van der Waals surface area (Å²) in [5.74, 6) is -0.0594. The van der Waals surface area contributed by atoms with Gasteiger partial charge in [0.15, 0.2) is 0 Å². The topological polar surface area (TPSA) is 41.1 Å². The van der Waals surface area contributed by atoms with Crippen molar-refractivity contribution in [2.45, 2.75) is 20.4 Å². The van der Waals surface area contributed by atoms with Gasteiger partial charge in [-0.25, -0.2) is 0 Å². The second-order valence-electron chi connectivity index (χ2n) is 4.26. The minimum atomic E-state index is -0.0594. The Morgan fingerprint density at radius 2 is 2.16 bits per heavy atom. The van der Waals surface area contributed by atoms with Crippen molar-refractivity contribution in [2.24, 2.45) is 0 Å². The Labute approximate surface area is 125 Å². The van der Waals surface area contributed by atoms with Gasteiger partial charge >= 0.3 is 0 Å². The van der Waals surface area contributed by atoms with E-state index in [1.165, 1.54) is 11.8 Å². The lowest BCUT2D eigenvalue weighted by Gasteiger charge is -2.11. The molecule has 19 heavy (non-hydrogen) atoms. The summed E-state index contributed by atoms with van der Waals surface area (Å²) >= 11 is 5.23. The molecule has 2 aromatic rings. The predicted octanol–water partition coefficient (Wildman–Crippen LogP) is 4.39. The summed E-state index contributed by atoms with van der Waals surface area (Å²) < 4.78 is 1.13. The third-order valence-corrected chi connectivity index (χ3v) is 4.61. The van der Waals surface area contributed by atoms with Crippen molar-refractivity contribution in [2.75, 3.05) is 10.6 Å². The van der Waals surface area contributed by atoms with E-state index in [0.717, 1.165) is 28.0 Å². The smallest absolute Gasteiger partial charge is 0.221 e. The molecule has 0 radical (unpaired) electrons. The maximum atomic E-state index is 11.1. The molecule has 0 unspecified atom stereocenters. The highest BCUT2D eigenvalue weighted by atomic mass is 79.9.